The van der Waals surface area contributed by atoms with Gasteiger partial charge in [0, 0.05) is 6.54 Å². The quantitative estimate of drug-likeness (QED) is 0.809. The van der Waals surface area contributed by atoms with Crippen molar-refractivity contribution in [2.45, 2.75) is 5.38 Å². The van der Waals surface area contributed by atoms with Crippen LogP contribution in [0, 0.1) is 0 Å². The highest BCUT2D eigenvalue weighted by atomic mass is 35.5. The molecule has 1 N–H and O–H groups in total. The zero-order valence-electron chi connectivity index (χ0n) is 8.96. The number of allylic oxidation sites excluding steroid dienone is 2. The average molecular weight is 257 g/mol. The van der Waals surface area contributed by atoms with Crippen LogP contribution in [0.2, 0.25) is 0 Å². The van der Waals surface area contributed by atoms with E-state index in [1.165, 1.54) is 6.08 Å². The van der Waals surface area contributed by atoms with E-state index in [9.17, 15) is 8.78 Å². The molecule has 1 aromatic rings. The Bertz CT molecular complexity index is 449. The molecular formula is C12H11ClF2N2. The summed E-state index contributed by atoms with van der Waals surface area (Å²) in [5.41, 5.74) is 1.01. The summed E-state index contributed by atoms with van der Waals surface area (Å²) in [6.07, 6.45) is 1.30. The summed E-state index contributed by atoms with van der Waals surface area (Å²) in [5, 5.41) is -0.803. The normalized spacial score (nSPS) is 16.6. The van der Waals surface area contributed by atoms with Gasteiger partial charge in [-0.05, 0) is 23.2 Å². The van der Waals surface area contributed by atoms with Crippen molar-refractivity contribution in [3.8, 4) is 0 Å². The Morgan fingerprint density at radius 3 is 2.59 bits per heavy atom. The lowest BCUT2D eigenvalue weighted by Gasteiger charge is -2.13. The highest BCUT2D eigenvalue weighted by molar-refractivity contribution is 6.24. The highest BCUT2D eigenvalue weighted by Crippen LogP contribution is 2.27. The summed E-state index contributed by atoms with van der Waals surface area (Å²) in [4.78, 5) is 4.24. The summed E-state index contributed by atoms with van der Waals surface area (Å²) in [5.74, 6) is 0. The molecule has 0 fully saturated rings. The first kappa shape index (κ1) is 12.0. The third-order valence-corrected chi connectivity index (χ3v) is 2.57. The van der Waals surface area contributed by atoms with Crippen LogP contribution in [0.5, 0.6) is 0 Å². The van der Waals surface area contributed by atoms with E-state index in [0.717, 1.165) is 5.56 Å². The maximum absolute atomic E-state index is 13.1. The Kier molecular flexibility index (Phi) is 3.43. The van der Waals surface area contributed by atoms with Gasteiger partial charge in [-0.2, -0.15) is 8.78 Å². The first-order valence-electron chi connectivity index (χ1n) is 5.20. The lowest BCUT2D eigenvalue weighted by Crippen LogP contribution is -2.26. The summed E-state index contributed by atoms with van der Waals surface area (Å²) < 4.78 is 26.1. The first-order chi connectivity index (χ1) is 8.07. The van der Waals surface area contributed by atoms with E-state index in [0.29, 0.717) is 18.8 Å². The van der Waals surface area contributed by atoms with E-state index in [-0.39, 0.29) is 5.70 Å². The van der Waals surface area contributed by atoms with Crippen LogP contribution in [0.4, 0.5) is 8.78 Å². The SMILES string of the molecule is FC(F)(Cl)C1=CC(c2ccccc2)=NCCN1. The fourth-order valence-corrected chi connectivity index (χ4v) is 1.69. The molecule has 0 radical (unpaired) electrons. The molecule has 0 spiro atoms. The van der Waals surface area contributed by atoms with Crippen LogP contribution >= 0.6 is 11.6 Å². The molecular weight excluding hydrogens is 246 g/mol. The molecule has 2 rings (SSSR count). The predicted octanol–water partition coefficient (Wildman–Crippen LogP) is 2.79. The van der Waals surface area contributed by atoms with E-state index >= 15 is 0 Å². The molecule has 0 amide bonds. The second-order valence-electron chi connectivity index (χ2n) is 3.62. The second kappa shape index (κ2) is 4.84. The minimum atomic E-state index is -3.39. The van der Waals surface area contributed by atoms with Crippen LogP contribution < -0.4 is 5.32 Å². The minimum Gasteiger partial charge on any atom is -0.380 e. The number of hydrogen-bond acceptors (Lipinski definition) is 2. The lowest BCUT2D eigenvalue weighted by molar-refractivity contribution is 0.130. The highest BCUT2D eigenvalue weighted by Gasteiger charge is 2.31. The third kappa shape index (κ3) is 3.03. The standard InChI is InChI=1S/C12H11ClF2N2/c13-12(14,15)11-8-10(16-6-7-17-11)9-4-2-1-3-5-9/h1-5,8,17H,6-7H2. The van der Waals surface area contributed by atoms with Crippen LogP contribution in [0.15, 0.2) is 47.1 Å². The number of aliphatic imine (C=N–C) groups is 1. The van der Waals surface area contributed by atoms with Gasteiger partial charge in [-0.3, -0.25) is 4.99 Å². The Hall–Kier alpha value is -1.42. The summed E-state index contributed by atoms with van der Waals surface area (Å²) in [6, 6.07) is 9.18. The van der Waals surface area contributed by atoms with Crippen molar-refractivity contribution in [3.05, 3.63) is 47.7 Å². The van der Waals surface area contributed by atoms with E-state index in [4.69, 9.17) is 11.6 Å². The summed E-state index contributed by atoms with van der Waals surface area (Å²) in [6.45, 7) is 0.793. The molecule has 2 nitrogen and oxygen atoms in total. The van der Waals surface area contributed by atoms with Crippen molar-refractivity contribution >= 4 is 17.3 Å². The van der Waals surface area contributed by atoms with Crippen molar-refractivity contribution in [1.82, 2.24) is 5.32 Å². The Morgan fingerprint density at radius 2 is 1.94 bits per heavy atom. The largest absolute Gasteiger partial charge is 0.380 e. The van der Waals surface area contributed by atoms with Gasteiger partial charge in [0.25, 0.3) is 0 Å². The van der Waals surface area contributed by atoms with Crippen LogP contribution in [-0.2, 0) is 0 Å². The zero-order valence-corrected chi connectivity index (χ0v) is 9.72. The van der Waals surface area contributed by atoms with E-state index in [2.05, 4.69) is 10.3 Å². The molecule has 0 aliphatic carbocycles. The number of rotatable bonds is 2. The first-order valence-corrected chi connectivity index (χ1v) is 5.58. The molecule has 0 unspecified atom stereocenters. The maximum Gasteiger partial charge on any atom is 0.362 e. The van der Waals surface area contributed by atoms with Crippen molar-refractivity contribution in [2.75, 3.05) is 13.1 Å². The van der Waals surface area contributed by atoms with Gasteiger partial charge < -0.3 is 5.32 Å². The zero-order chi connectivity index (χ0) is 12.3. The Labute approximate surface area is 103 Å². The van der Waals surface area contributed by atoms with E-state index < -0.39 is 5.38 Å². The van der Waals surface area contributed by atoms with Crippen molar-refractivity contribution in [3.63, 3.8) is 0 Å². The number of nitrogens with zero attached hydrogens (tertiary/aromatic N) is 1. The molecule has 0 saturated heterocycles. The van der Waals surface area contributed by atoms with Gasteiger partial charge in [-0.25, -0.2) is 0 Å². The van der Waals surface area contributed by atoms with Crippen LogP contribution in [0.1, 0.15) is 5.56 Å². The minimum absolute atomic E-state index is 0.306. The second-order valence-corrected chi connectivity index (χ2v) is 4.09. The van der Waals surface area contributed by atoms with Gasteiger partial charge in [-0.15, -0.1) is 0 Å². The molecule has 0 atom stereocenters. The number of hydrogen-bond donors (Lipinski definition) is 1. The molecule has 1 aliphatic heterocycles. The summed E-state index contributed by atoms with van der Waals surface area (Å²) >= 11 is 5.02. The Morgan fingerprint density at radius 1 is 1.24 bits per heavy atom. The molecule has 1 aromatic carbocycles. The molecule has 0 bridgehead atoms. The van der Waals surface area contributed by atoms with Gasteiger partial charge in [0.2, 0.25) is 0 Å². The topological polar surface area (TPSA) is 24.4 Å². The van der Waals surface area contributed by atoms with Crippen molar-refractivity contribution in [2.24, 2.45) is 4.99 Å². The molecule has 0 saturated carbocycles. The van der Waals surface area contributed by atoms with Gasteiger partial charge in [0.1, 0.15) is 0 Å². The molecule has 5 heteroatoms. The molecule has 0 aromatic heterocycles. The van der Waals surface area contributed by atoms with Crippen LogP contribution in [0.3, 0.4) is 0 Å². The van der Waals surface area contributed by atoms with Gasteiger partial charge in [0.05, 0.1) is 18.0 Å². The third-order valence-electron chi connectivity index (χ3n) is 2.37. The van der Waals surface area contributed by atoms with E-state index in [1.54, 1.807) is 0 Å². The van der Waals surface area contributed by atoms with E-state index in [1.807, 2.05) is 30.3 Å². The van der Waals surface area contributed by atoms with Gasteiger partial charge in [0.15, 0.2) is 0 Å². The molecule has 1 aliphatic rings. The van der Waals surface area contributed by atoms with Crippen LogP contribution in [0.25, 0.3) is 0 Å². The number of halogens is 3. The number of benzene rings is 1. The monoisotopic (exact) mass is 256 g/mol. The molecule has 1 heterocycles. The lowest BCUT2D eigenvalue weighted by atomic mass is 10.1. The van der Waals surface area contributed by atoms with Crippen molar-refractivity contribution in [1.29, 1.82) is 0 Å². The summed E-state index contributed by atoms with van der Waals surface area (Å²) in [7, 11) is 0. The predicted molar refractivity (Wildman–Crippen MR) is 64.7 cm³/mol. The fraction of sp³-hybridized carbons (Fsp3) is 0.250. The molecule has 17 heavy (non-hydrogen) atoms. The number of nitrogens with one attached hydrogen (secondary N) is 1. The average Bonchev–Trinajstić information content (AvgIpc) is 2.55. The maximum atomic E-state index is 13.1. The Balaban J connectivity index is 2.36. The van der Waals surface area contributed by atoms with Crippen molar-refractivity contribution < 1.29 is 8.78 Å². The van der Waals surface area contributed by atoms with Crippen LogP contribution in [-0.4, -0.2) is 24.2 Å². The number of alkyl halides is 3. The van der Waals surface area contributed by atoms with Gasteiger partial charge in [-0.1, -0.05) is 30.3 Å². The van der Waals surface area contributed by atoms with Gasteiger partial charge >= 0.3 is 5.38 Å². The fourth-order valence-electron chi connectivity index (χ4n) is 1.57. The smallest absolute Gasteiger partial charge is 0.362 e. The molecule has 90 valence electrons.